The number of hydrogen-bond acceptors (Lipinski definition) is 5. The second-order valence-electron chi connectivity index (χ2n) is 6.49. The van der Waals surface area contributed by atoms with Crippen LogP contribution >= 0.6 is 11.6 Å². The number of Topliss-reactive ketones (excluding diaryl/α,β-unsaturated/α-hetero) is 1. The van der Waals surface area contributed by atoms with Crippen molar-refractivity contribution in [2.45, 2.75) is 33.1 Å². The second-order valence-corrected chi connectivity index (χ2v) is 6.90. The molecule has 154 valence electrons. The van der Waals surface area contributed by atoms with E-state index < -0.39 is 18.5 Å². The summed E-state index contributed by atoms with van der Waals surface area (Å²) in [6.45, 7) is 4.07. The first-order chi connectivity index (χ1) is 13.9. The number of ether oxygens (including phenoxy) is 2. The molecule has 0 unspecified atom stereocenters. The Bertz CT molecular complexity index is 864. The lowest BCUT2D eigenvalue weighted by molar-refractivity contribution is -0.147. The minimum Gasteiger partial charge on any atom is -0.494 e. The number of carbonyl (C=O) groups is 3. The zero-order valence-corrected chi connectivity index (χ0v) is 17.3. The maximum atomic E-state index is 12.2. The van der Waals surface area contributed by atoms with Crippen LogP contribution in [-0.4, -0.2) is 30.9 Å². The number of esters is 1. The molecule has 0 bridgehead atoms. The molecule has 7 heteroatoms. The number of rotatable bonds is 10. The number of ketones is 1. The Labute approximate surface area is 175 Å². The van der Waals surface area contributed by atoms with Gasteiger partial charge in [0.05, 0.1) is 23.7 Å². The number of hydrogen-bond donors (Lipinski definition) is 1. The summed E-state index contributed by atoms with van der Waals surface area (Å²) in [7, 11) is 0. The predicted octanol–water partition coefficient (Wildman–Crippen LogP) is 4.58. The molecule has 0 spiro atoms. The van der Waals surface area contributed by atoms with Crippen molar-refractivity contribution in [2.75, 3.05) is 18.5 Å². The third-order valence-corrected chi connectivity index (χ3v) is 4.28. The van der Waals surface area contributed by atoms with Crippen LogP contribution in [-0.2, 0) is 14.3 Å². The van der Waals surface area contributed by atoms with Crippen LogP contribution in [0.15, 0.2) is 42.5 Å². The summed E-state index contributed by atoms with van der Waals surface area (Å²) < 4.78 is 10.4. The third-order valence-electron chi connectivity index (χ3n) is 3.97. The fourth-order valence-electron chi connectivity index (χ4n) is 2.44. The Kier molecular flexibility index (Phi) is 8.68. The maximum Gasteiger partial charge on any atom is 0.306 e. The highest BCUT2D eigenvalue weighted by molar-refractivity contribution is 6.33. The summed E-state index contributed by atoms with van der Waals surface area (Å²) in [5, 5.41) is 2.98. The minimum atomic E-state index is -0.619. The van der Waals surface area contributed by atoms with Gasteiger partial charge in [0, 0.05) is 12.0 Å². The lowest BCUT2D eigenvalue weighted by Gasteiger charge is -2.09. The van der Waals surface area contributed by atoms with Gasteiger partial charge >= 0.3 is 5.97 Å². The van der Waals surface area contributed by atoms with E-state index in [-0.39, 0.29) is 18.6 Å². The van der Waals surface area contributed by atoms with Gasteiger partial charge in [-0.1, -0.05) is 24.6 Å². The topological polar surface area (TPSA) is 81.7 Å². The van der Waals surface area contributed by atoms with Crippen LogP contribution in [0.5, 0.6) is 5.75 Å². The van der Waals surface area contributed by atoms with Gasteiger partial charge in [0.15, 0.2) is 12.4 Å². The molecule has 0 atom stereocenters. The summed E-state index contributed by atoms with van der Waals surface area (Å²) in [6.07, 6.45) is 0.795. The fraction of sp³-hybridized carbons (Fsp3) is 0.318. The molecule has 0 aromatic heterocycles. The van der Waals surface area contributed by atoms with Crippen LogP contribution in [0.4, 0.5) is 5.69 Å². The highest BCUT2D eigenvalue weighted by Crippen LogP contribution is 2.22. The van der Waals surface area contributed by atoms with E-state index in [1.165, 1.54) is 0 Å². The minimum absolute atomic E-state index is 0.000589. The quantitative estimate of drug-likeness (QED) is 0.452. The molecule has 29 heavy (non-hydrogen) atoms. The van der Waals surface area contributed by atoms with E-state index >= 15 is 0 Å². The zero-order valence-electron chi connectivity index (χ0n) is 16.5. The van der Waals surface area contributed by atoms with Gasteiger partial charge in [-0.25, -0.2) is 0 Å². The number of anilines is 1. The molecular weight excluding hydrogens is 394 g/mol. The first kappa shape index (κ1) is 22.4. The van der Waals surface area contributed by atoms with Gasteiger partial charge in [-0.2, -0.15) is 0 Å². The van der Waals surface area contributed by atoms with E-state index in [0.29, 0.717) is 28.6 Å². The summed E-state index contributed by atoms with van der Waals surface area (Å²) in [5.74, 6) is -0.605. The highest BCUT2D eigenvalue weighted by Gasteiger charge is 2.13. The SMILES string of the molecule is CCCOc1ccc(C(=O)CCC(=O)OCC(=O)Nc2ccc(C)cc2Cl)cc1. The van der Waals surface area contributed by atoms with Crippen molar-refractivity contribution < 1.29 is 23.9 Å². The molecule has 2 aromatic rings. The highest BCUT2D eigenvalue weighted by atomic mass is 35.5. The third kappa shape index (κ3) is 7.58. The molecule has 2 aromatic carbocycles. The van der Waals surface area contributed by atoms with E-state index in [2.05, 4.69) is 5.32 Å². The summed E-state index contributed by atoms with van der Waals surface area (Å²) in [5.41, 5.74) is 1.90. The largest absolute Gasteiger partial charge is 0.494 e. The number of nitrogens with one attached hydrogen (secondary N) is 1. The molecule has 0 aliphatic carbocycles. The fourth-order valence-corrected chi connectivity index (χ4v) is 2.73. The van der Waals surface area contributed by atoms with Crippen molar-refractivity contribution >= 4 is 34.9 Å². The van der Waals surface area contributed by atoms with Crippen molar-refractivity contribution in [1.29, 1.82) is 0 Å². The average Bonchev–Trinajstić information content (AvgIpc) is 2.71. The molecule has 0 aliphatic rings. The first-order valence-electron chi connectivity index (χ1n) is 9.36. The molecule has 0 radical (unpaired) electrons. The van der Waals surface area contributed by atoms with E-state index in [9.17, 15) is 14.4 Å². The van der Waals surface area contributed by atoms with Gasteiger partial charge in [0.2, 0.25) is 0 Å². The Morgan fingerprint density at radius 3 is 2.41 bits per heavy atom. The predicted molar refractivity (Wildman–Crippen MR) is 112 cm³/mol. The maximum absolute atomic E-state index is 12.2. The molecular formula is C22H24ClNO5. The Morgan fingerprint density at radius 1 is 1.03 bits per heavy atom. The van der Waals surface area contributed by atoms with E-state index in [1.807, 2.05) is 19.9 Å². The molecule has 6 nitrogen and oxygen atoms in total. The molecule has 2 rings (SSSR count). The monoisotopic (exact) mass is 417 g/mol. The molecule has 0 aliphatic heterocycles. The van der Waals surface area contributed by atoms with Crippen LogP contribution in [0.2, 0.25) is 5.02 Å². The molecule has 0 heterocycles. The number of amides is 1. The van der Waals surface area contributed by atoms with E-state index in [0.717, 1.165) is 12.0 Å². The van der Waals surface area contributed by atoms with E-state index in [4.69, 9.17) is 21.1 Å². The first-order valence-corrected chi connectivity index (χ1v) is 9.74. The Hall–Kier alpha value is -2.86. The van der Waals surface area contributed by atoms with Gasteiger partial charge < -0.3 is 14.8 Å². The molecule has 1 N–H and O–H groups in total. The normalized spacial score (nSPS) is 10.3. The van der Waals surface area contributed by atoms with Crippen LogP contribution in [0, 0.1) is 6.92 Å². The average molecular weight is 418 g/mol. The van der Waals surface area contributed by atoms with Crippen LogP contribution in [0.25, 0.3) is 0 Å². The van der Waals surface area contributed by atoms with Crippen LogP contribution in [0.1, 0.15) is 42.1 Å². The van der Waals surface area contributed by atoms with Crippen LogP contribution < -0.4 is 10.1 Å². The second kappa shape index (κ2) is 11.2. The van der Waals surface area contributed by atoms with Gasteiger partial charge in [0.25, 0.3) is 5.91 Å². The lowest BCUT2D eigenvalue weighted by atomic mass is 10.1. The van der Waals surface area contributed by atoms with Gasteiger partial charge in [-0.3, -0.25) is 14.4 Å². The number of carbonyl (C=O) groups excluding carboxylic acids is 3. The van der Waals surface area contributed by atoms with Crippen molar-refractivity contribution in [3.8, 4) is 5.75 Å². The zero-order chi connectivity index (χ0) is 21.2. The van der Waals surface area contributed by atoms with Gasteiger partial charge in [-0.15, -0.1) is 0 Å². The summed E-state index contributed by atoms with van der Waals surface area (Å²) in [6, 6.07) is 12.0. The molecule has 0 saturated heterocycles. The van der Waals surface area contributed by atoms with Gasteiger partial charge in [-0.05, 0) is 55.3 Å². The van der Waals surface area contributed by atoms with E-state index in [1.54, 1.807) is 36.4 Å². The summed E-state index contributed by atoms with van der Waals surface area (Å²) in [4.78, 5) is 35.9. The standard InChI is InChI=1S/C22H24ClNO5/c1-3-12-28-17-7-5-16(6-8-17)20(25)10-11-22(27)29-14-21(26)24-19-9-4-15(2)13-18(19)23/h4-9,13H,3,10-12,14H2,1-2H3,(H,24,26). The lowest BCUT2D eigenvalue weighted by Crippen LogP contribution is -2.21. The Morgan fingerprint density at radius 2 is 1.76 bits per heavy atom. The van der Waals surface area contributed by atoms with Gasteiger partial charge in [0.1, 0.15) is 5.75 Å². The van der Waals surface area contributed by atoms with Crippen molar-refractivity contribution in [2.24, 2.45) is 0 Å². The number of benzene rings is 2. The van der Waals surface area contributed by atoms with Crippen molar-refractivity contribution in [3.63, 3.8) is 0 Å². The molecule has 0 saturated carbocycles. The molecule has 1 amide bonds. The van der Waals surface area contributed by atoms with Crippen molar-refractivity contribution in [3.05, 3.63) is 58.6 Å². The van der Waals surface area contributed by atoms with Crippen molar-refractivity contribution in [1.82, 2.24) is 0 Å². The Balaban J connectivity index is 1.73. The number of aryl methyl sites for hydroxylation is 1. The molecule has 0 fully saturated rings. The van der Waals surface area contributed by atoms with Crippen LogP contribution in [0.3, 0.4) is 0 Å². The number of halogens is 1. The smallest absolute Gasteiger partial charge is 0.306 e. The summed E-state index contributed by atoms with van der Waals surface area (Å²) >= 11 is 6.05.